The van der Waals surface area contributed by atoms with E-state index in [0.717, 1.165) is 25.0 Å². The van der Waals surface area contributed by atoms with Crippen molar-refractivity contribution >= 4 is 5.97 Å². The van der Waals surface area contributed by atoms with Crippen molar-refractivity contribution < 1.29 is 14.3 Å². The van der Waals surface area contributed by atoms with E-state index in [2.05, 4.69) is 36.4 Å². The number of ether oxygens (including phenoxy) is 2. The van der Waals surface area contributed by atoms with Gasteiger partial charge in [-0.25, -0.2) is 0 Å². The minimum absolute atomic E-state index is 0.0137. The second kappa shape index (κ2) is 9.24. The molecule has 30 heavy (non-hydrogen) atoms. The molecule has 0 N–H and O–H groups in total. The lowest BCUT2D eigenvalue weighted by atomic mass is 9.65. The van der Waals surface area contributed by atoms with E-state index in [1.165, 1.54) is 30.4 Å². The molecule has 0 aliphatic heterocycles. The molecule has 1 aliphatic carbocycles. The lowest BCUT2D eigenvalue weighted by molar-refractivity contribution is -0.144. The van der Waals surface area contributed by atoms with E-state index in [9.17, 15) is 4.79 Å². The van der Waals surface area contributed by atoms with E-state index >= 15 is 0 Å². The monoisotopic (exact) mass is 408 g/mol. The molecule has 0 heterocycles. The first-order chi connectivity index (χ1) is 14.3. The Kier molecular flexibility index (Phi) is 6.90. The van der Waals surface area contributed by atoms with Crippen molar-refractivity contribution in [3.05, 3.63) is 59.7 Å². The number of rotatable bonds is 7. The molecular weight excluding hydrogens is 372 g/mol. The average molecular weight is 409 g/mol. The Balaban J connectivity index is 1.86. The van der Waals surface area contributed by atoms with E-state index in [0.29, 0.717) is 5.75 Å². The quantitative estimate of drug-likeness (QED) is 0.363. The first-order valence-electron chi connectivity index (χ1n) is 11.4. The summed E-state index contributed by atoms with van der Waals surface area (Å²) in [5.41, 5.74) is 2.19. The smallest absolute Gasteiger partial charge is 0.316 e. The molecule has 3 heteroatoms. The number of hydrogen-bond donors (Lipinski definition) is 0. The van der Waals surface area contributed by atoms with Gasteiger partial charge in [-0.15, -0.1) is 0 Å². The van der Waals surface area contributed by atoms with Crippen LogP contribution < -0.4 is 9.47 Å². The minimum atomic E-state index is -0.469. The molecule has 2 aromatic carbocycles. The predicted molar refractivity (Wildman–Crippen MR) is 122 cm³/mol. The molecule has 1 fully saturated rings. The van der Waals surface area contributed by atoms with Crippen molar-refractivity contribution in [3.63, 3.8) is 0 Å². The zero-order valence-corrected chi connectivity index (χ0v) is 19.2. The van der Waals surface area contributed by atoms with Crippen LogP contribution in [0.4, 0.5) is 0 Å². The van der Waals surface area contributed by atoms with Gasteiger partial charge in [-0.3, -0.25) is 4.79 Å². The molecule has 3 rings (SSSR count). The summed E-state index contributed by atoms with van der Waals surface area (Å²) in [6.45, 7) is 9.95. The number of esters is 1. The third-order valence-corrected chi connectivity index (χ3v) is 6.54. The summed E-state index contributed by atoms with van der Waals surface area (Å²) in [7, 11) is 0. The highest BCUT2D eigenvalue weighted by molar-refractivity contribution is 5.78. The Morgan fingerprint density at radius 2 is 1.40 bits per heavy atom. The molecule has 0 spiro atoms. The van der Waals surface area contributed by atoms with Crippen molar-refractivity contribution in [1.29, 1.82) is 0 Å². The fourth-order valence-corrected chi connectivity index (χ4v) is 4.26. The van der Waals surface area contributed by atoms with E-state index in [1.54, 1.807) is 0 Å². The van der Waals surface area contributed by atoms with Gasteiger partial charge in [0, 0.05) is 5.41 Å². The Bertz CT molecular complexity index is 825. The highest BCUT2D eigenvalue weighted by atomic mass is 16.5. The average Bonchev–Trinajstić information content (AvgIpc) is 2.74. The van der Waals surface area contributed by atoms with Crippen LogP contribution in [0.25, 0.3) is 0 Å². The summed E-state index contributed by atoms with van der Waals surface area (Å²) in [5.74, 6) is 1.36. The molecule has 0 amide bonds. The van der Waals surface area contributed by atoms with E-state index in [1.807, 2.05) is 46.8 Å². The summed E-state index contributed by atoms with van der Waals surface area (Å²) in [6.07, 6.45) is 6.95. The van der Waals surface area contributed by atoms with Gasteiger partial charge in [0.05, 0.1) is 11.5 Å². The van der Waals surface area contributed by atoms with Gasteiger partial charge in [-0.2, -0.15) is 0 Å². The molecule has 0 radical (unpaired) electrons. The largest absolute Gasteiger partial charge is 0.491 e. The number of hydrogen-bond acceptors (Lipinski definition) is 3. The molecule has 2 aromatic rings. The molecule has 0 atom stereocenters. The van der Waals surface area contributed by atoms with Gasteiger partial charge in [-0.1, -0.05) is 50.5 Å². The first kappa shape index (κ1) is 22.4. The molecule has 0 aromatic heterocycles. The van der Waals surface area contributed by atoms with Crippen LogP contribution in [0.5, 0.6) is 11.5 Å². The van der Waals surface area contributed by atoms with Crippen molar-refractivity contribution in [2.75, 3.05) is 0 Å². The minimum Gasteiger partial charge on any atom is -0.491 e. The van der Waals surface area contributed by atoms with Crippen molar-refractivity contribution in [1.82, 2.24) is 0 Å². The highest BCUT2D eigenvalue weighted by Crippen LogP contribution is 2.45. The number of carbonyl (C=O) groups is 1. The first-order valence-corrected chi connectivity index (χ1v) is 11.4. The van der Waals surface area contributed by atoms with Crippen molar-refractivity contribution in [2.45, 2.75) is 84.7 Å². The van der Waals surface area contributed by atoms with E-state index < -0.39 is 5.41 Å². The van der Waals surface area contributed by atoms with Gasteiger partial charge in [-0.05, 0) is 82.3 Å². The standard InChI is InChI=1S/C27H36O3/c1-6-26(4,5)25(28)30-24-16-12-22(13-17-24)27(18-8-7-9-19-27)21-10-14-23(15-11-21)29-20(2)3/h10-17,20H,6-9,18-19H2,1-5H3. The van der Waals surface area contributed by atoms with Gasteiger partial charge in [0.15, 0.2) is 0 Å². The van der Waals surface area contributed by atoms with Crippen molar-refractivity contribution in [2.24, 2.45) is 5.41 Å². The lowest BCUT2D eigenvalue weighted by Crippen LogP contribution is -2.30. The van der Waals surface area contributed by atoms with Crippen LogP contribution in [0.2, 0.25) is 0 Å². The molecule has 162 valence electrons. The maximum Gasteiger partial charge on any atom is 0.316 e. The maximum absolute atomic E-state index is 12.4. The van der Waals surface area contributed by atoms with Crippen LogP contribution >= 0.6 is 0 Å². The Morgan fingerprint density at radius 3 is 1.87 bits per heavy atom. The second-order valence-electron chi connectivity index (χ2n) is 9.49. The molecule has 0 unspecified atom stereocenters. The second-order valence-corrected chi connectivity index (χ2v) is 9.49. The SMILES string of the molecule is CCC(C)(C)C(=O)Oc1ccc(C2(c3ccc(OC(C)C)cc3)CCCCC2)cc1. The molecule has 1 saturated carbocycles. The fraction of sp³-hybridized carbons (Fsp3) is 0.519. The highest BCUT2D eigenvalue weighted by Gasteiger charge is 2.36. The zero-order chi connectivity index (χ0) is 21.8. The lowest BCUT2D eigenvalue weighted by Gasteiger charge is -2.39. The molecule has 3 nitrogen and oxygen atoms in total. The summed E-state index contributed by atoms with van der Waals surface area (Å²) in [4.78, 5) is 12.4. The van der Waals surface area contributed by atoms with Gasteiger partial charge in [0.2, 0.25) is 0 Å². The van der Waals surface area contributed by atoms with Gasteiger partial charge in [0.1, 0.15) is 11.5 Å². The molecular formula is C27H36O3. The fourth-order valence-electron chi connectivity index (χ4n) is 4.26. The topological polar surface area (TPSA) is 35.5 Å². The number of benzene rings is 2. The van der Waals surface area contributed by atoms with Crippen LogP contribution in [-0.2, 0) is 10.2 Å². The molecule has 1 aliphatic rings. The van der Waals surface area contributed by atoms with Crippen LogP contribution in [0, 0.1) is 5.41 Å². The predicted octanol–water partition coefficient (Wildman–Crippen LogP) is 7.07. The Morgan fingerprint density at radius 1 is 0.900 bits per heavy atom. The summed E-state index contributed by atoms with van der Waals surface area (Å²) in [5, 5.41) is 0. The summed E-state index contributed by atoms with van der Waals surface area (Å²) in [6, 6.07) is 16.8. The van der Waals surface area contributed by atoms with E-state index in [-0.39, 0.29) is 17.5 Å². The maximum atomic E-state index is 12.4. The molecule has 0 bridgehead atoms. The third-order valence-electron chi connectivity index (χ3n) is 6.54. The summed E-state index contributed by atoms with van der Waals surface area (Å²) < 4.78 is 11.5. The van der Waals surface area contributed by atoms with Gasteiger partial charge >= 0.3 is 5.97 Å². The van der Waals surface area contributed by atoms with Crippen molar-refractivity contribution in [3.8, 4) is 11.5 Å². The van der Waals surface area contributed by atoms with Gasteiger partial charge < -0.3 is 9.47 Å². The zero-order valence-electron chi connectivity index (χ0n) is 19.2. The van der Waals surface area contributed by atoms with Crippen LogP contribution in [0.1, 0.15) is 84.3 Å². The van der Waals surface area contributed by atoms with Crippen LogP contribution in [0.3, 0.4) is 0 Å². The Hall–Kier alpha value is -2.29. The third kappa shape index (κ3) is 4.88. The van der Waals surface area contributed by atoms with E-state index in [4.69, 9.17) is 9.47 Å². The van der Waals surface area contributed by atoms with Crippen LogP contribution in [-0.4, -0.2) is 12.1 Å². The normalized spacial score (nSPS) is 16.3. The number of carbonyl (C=O) groups excluding carboxylic acids is 1. The molecule has 0 saturated heterocycles. The van der Waals surface area contributed by atoms with Gasteiger partial charge in [0.25, 0.3) is 0 Å². The van der Waals surface area contributed by atoms with Crippen LogP contribution in [0.15, 0.2) is 48.5 Å². The summed E-state index contributed by atoms with van der Waals surface area (Å²) >= 11 is 0. The Labute approximate surface area is 181 Å².